The van der Waals surface area contributed by atoms with Gasteiger partial charge < -0.3 is 5.73 Å². The Morgan fingerprint density at radius 3 is 2.94 bits per heavy atom. The van der Waals surface area contributed by atoms with E-state index >= 15 is 0 Å². The van der Waals surface area contributed by atoms with Crippen LogP contribution in [0.2, 0.25) is 0 Å². The number of hydrogen-bond donors (Lipinski definition) is 2. The average molecular weight is 246 g/mol. The van der Waals surface area contributed by atoms with Gasteiger partial charge in [0.1, 0.15) is 0 Å². The zero-order chi connectivity index (χ0) is 12.7. The van der Waals surface area contributed by atoms with Crippen LogP contribution in [-0.4, -0.2) is 33.1 Å². The molecule has 1 fully saturated rings. The first kappa shape index (κ1) is 10.5. The second-order valence-electron chi connectivity index (χ2n) is 3.92. The molecule has 0 unspecified atom stereocenters. The summed E-state index contributed by atoms with van der Waals surface area (Å²) in [6, 6.07) is 3.01. The van der Waals surface area contributed by atoms with Gasteiger partial charge in [0.15, 0.2) is 5.65 Å². The Hall–Kier alpha value is -2.64. The third-order valence-electron chi connectivity index (χ3n) is 2.70. The van der Waals surface area contributed by atoms with Crippen molar-refractivity contribution in [1.82, 2.24) is 19.9 Å². The molecule has 1 saturated heterocycles. The molecule has 1 aliphatic rings. The molecule has 0 radical (unpaired) electrons. The standard InChI is InChI=1S/C10H10N6O2/c11-9-12-7-2-1-6(5-16(7)14-9)15-4-3-8(17)13-10(15)18/h1-2,5H,3-4H2,(H2,11,14)(H,13,17,18). The van der Waals surface area contributed by atoms with Crippen molar-refractivity contribution in [1.29, 1.82) is 0 Å². The van der Waals surface area contributed by atoms with E-state index < -0.39 is 6.03 Å². The minimum absolute atomic E-state index is 0.172. The summed E-state index contributed by atoms with van der Waals surface area (Å²) in [6.07, 6.45) is 1.93. The van der Waals surface area contributed by atoms with Crippen LogP contribution in [0.15, 0.2) is 18.3 Å². The molecule has 8 nitrogen and oxygen atoms in total. The number of carbonyl (C=O) groups excluding carboxylic acids is 2. The molecule has 0 bridgehead atoms. The second kappa shape index (κ2) is 3.69. The summed E-state index contributed by atoms with van der Waals surface area (Å²) < 4.78 is 1.49. The van der Waals surface area contributed by atoms with Gasteiger partial charge in [-0.15, -0.1) is 5.10 Å². The fourth-order valence-electron chi connectivity index (χ4n) is 1.86. The smallest absolute Gasteiger partial charge is 0.328 e. The molecule has 0 aliphatic carbocycles. The minimum atomic E-state index is -0.432. The van der Waals surface area contributed by atoms with E-state index in [0.29, 0.717) is 17.9 Å². The first-order valence-electron chi connectivity index (χ1n) is 5.37. The number of nitrogens with zero attached hydrogens (tertiary/aromatic N) is 4. The molecule has 0 spiro atoms. The van der Waals surface area contributed by atoms with Crippen molar-refractivity contribution in [2.45, 2.75) is 6.42 Å². The highest BCUT2D eigenvalue weighted by molar-refractivity contribution is 6.05. The highest BCUT2D eigenvalue weighted by Crippen LogP contribution is 2.17. The molecule has 1 aliphatic heterocycles. The monoisotopic (exact) mass is 246 g/mol. The molecular weight excluding hydrogens is 236 g/mol. The predicted octanol–water partition coefficient (Wildman–Crippen LogP) is -0.242. The van der Waals surface area contributed by atoms with Gasteiger partial charge in [0, 0.05) is 13.0 Å². The largest absolute Gasteiger partial charge is 0.366 e. The summed E-state index contributed by atoms with van der Waals surface area (Å²) in [4.78, 5) is 28.2. The van der Waals surface area contributed by atoms with Gasteiger partial charge in [-0.1, -0.05) is 0 Å². The molecular formula is C10H10N6O2. The van der Waals surface area contributed by atoms with Crippen LogP contribution in [0.3, 0.4) is 0 Å². The number of nitrogens with two attached hydrogens (primary N) is 1. The zero-order valence-corrected chi connectivity index (χ0v) is 9.33. The third-order valence-corrected chi connectivity index (χ3v) is 2.70. The summed E-state index contributed by atoms with van der Waals surface area (Å²) in [5.41, 5.74) is 6.72. The Balaban J connectivity index is 1.98. The van der Waals surface area contributed by atoms with Crippen LogP contribution in [0.5, 0.6) is 0 Å². The van der Waals surface area contributed by atoms with Crippen molar-refractivity contribution in [3.8, 4) is 0 Å². The van der Waals surface area contributed by atoms with Crippen molar-refractivity contribution in [3.63, 3.8) is 0 Å². The van der Waals surface area contributed by atoms with Gasteiger partial charge in [-0.25, -0.2) is 9.31 Å². The number of fused-ring (bicyclic) bond motifs is 1. The summed E-state index contributed by atoms with van der Waals surface area (Å²) in [7, 11) is 0. The fraction of sp³-hybridized carbons (Fsp3) is 0.200. The Kier molecular flexibility index (Phi) is 2.15. The van der Waals surface area contributed by atoms with Crippen molar-refractivity contribution in [2.24, 2.45) is 0 Å². The van der Waals surface area contributed by atoms with Crippen molar-refractivity contribution < 1.29 is 9.59 Å². The third kappa shape index (κ3) is 1.63. The van der Waals surface area contributed by atoms with Crippen LogP contribution in [0, 0.1) is 0 Å². The molecule has 3 amide bonds. The second-order valence-corrected chi connectivity index (χ2v) is 3.92. The number of rotatable bonds is 1. The van der Waals surface area contributed by atoms with Crippen LogP contribution >= 0.6 is 0 Å². The summed E-state index contributed by atoms with van der Waals surface area (Å²) >= 11 is 0. The molecule has 2 aromatic rings. The van der Waals surface area contributed by atoms with Gasteiger partial charge in [-0.05, 0) is 12.1 Å². The molecule has 3 rings (SSSR count). The highest BCUT2D eigenvalue weighted by Gasteiger charge is 2.24. The van der Waals surface area contributed by atoms with E-state index in [1.165, 1.54) is 9.42 Å². The lowest BCUT2D eigenvalue weighted by Crippen LogP contribution is -2.49. The number of nitrogens with one attached hydrogen (secondary N) is 1. The van der Waals surface area contributed by atoms with Crippen LogP contribution in [0.1, 0.15) is 6.42 Å². The summed E-state index contributed by atoms with van der Waals surface area (Å²) in [6.45, 7) is 0.348. The van der Waals surface area contributed by atoms with Crippen molar-refractivity contribution in [2.75, 3.05) is 17.2 Å². The van der Waals surface area contributed by atoms with Gasteiger partial charge in [-0.3, -0.25) is 15.0 Å². The lowest BCUT2D eigenvalue weighted by molar-refractivity contribution is -0.120. The van der Waals surface area contributed by atoms with E-state index in [-0.39, 0.29) is 18.3 Å². The molecule has 18 heavy (non-hydrogen) atoms. The number of imide groups is 1. The molecule has 3 heterocycles. The number of hydrogen-bond acceptors (Lipinski definition) is 5. The number of amides is 3. The van der Waals surface area contributed by atoms with Gasteiger partial charge in [-0.2, -0.15) is 4.98 Å². The van der Waals surface area contributed by atoms with Crippen LogP contribution in [0.4, 0.5) is 16.4 Å². The summed E-state index contributed by atoms with van der Waals surface area (Å²) in [5, 5.41) is 6.23. The molecule has 2 aromatic heterocycles. The van der Waals surface area contributed by atoms with Gasteiger partial charge >= 0.3 is 6.03 Å². The highest BCUT2D eigenvalue weighted by atomic mass is 16.2. The van der Waals surface area contributed by atoms with E-state index in [9.17, 15) is 9.59 Å². The van der Waals surface area contributed by atoms with E-state index in [2.05, 4.69) is 15.4 Å². The number of aromatic nitrogens is 3. The van der Waals surface area contributed by atoms with Crippen LogP contribution < -0.4 is 16.0 Å². The Morgan fingerprint density at radius 2 is 2.17 bits per heavy atom. The van der Waals surface area contributed by atoms with Crippen LogP contribution in [0.25, 0.3) is 5.65 Å². The van der Waals surface area contributed by atoms with E-state index in [0.717, 1.165) is 0 Å². The maximum absolute atomic E-state index is 11.7. The first-order chi connectivity index (χ1) is 8.63. The quantitative estimate of drug-likeness (QED) is 0.722. The van der Waals surface area contributed by atoms with Gasteiger partial charge in [0.2, 0.25) is 11.9 Å². The number of urea groups is 1. The number of nitrogen functional groups attached to an aromatic ring is 1. The topological polar surface area (TPSA) is 106 Å². The molecule has 0 atom stereocenters. The maximum atomic E-state index is 11.7. The molecule has 0 aromatic carbocycles. The Bertz CT molecular complexity index is 649. The lowest BCUT2D eigenvalue weighted by Gasteiger charge is -2.26. The molecule has 3 N–H and O–H groups in total. The Labute approximate surface area is 101 Å². The van der Waals surface area contributed by atoms with Crippen molar-refractivity contribution >= 4 is 29.2 Å². The molecule has 8 heteroatoms. The van der Waals surface area contributed by atoms with E-state index in [1.54, 1.807) is 18.3 Å². The Morgan fingerprint density at radius 1 is 1.33 bits per heavy atom. The molecule has 92 valence electrons. The fourth-order valence-corrected chi connectivity index (χ4v) is 1.86. The van der Waals surface area contributed by atoms with Crippen LogP contribution in [-0.2, 0) is 4.79 Å². The van der Waals surface area contributed by atoms with Crippen molar-refractivity contribution in [3.05, 3.63) is 18.3 Å². The minimum Gasteiger partial charge on any atom is -0.366 e. The lowest BCUT2D eigenvalue weighted by atomic mass is 10.3. The molecule has 0 saturated carbocycles. The summed E-state index contributed by atoms with van der Waals surface area (Å²) in [5.74, 6) is -0.0900. The number of carbonyl (C=O) groups is 2. The van der Waals surface area contributed by atoms with E-state index in [4.69, 9.17) is 5.73 Å². The number of anilines is 2. The maximum Gasteiger partial charge on any atom is 0.328 e. The normalized spacial score (nSPS) is 16.1. The average Bonchev–Trinajstić information content (AvgIpc) is 2.68. The SMILES string of the molecule is Nc1nc2ccc(N3CCC(=O)NC3=O)cn2n1. The number of pyridine rings is 1. The first-order valence-corrected chi connectivity index (χ1v) is 5.37. The zero-order valence-electron chi connectivity index (χ0n) is 9.33. The van der Waals surface area contributed by atoms with E-state index in [1.807, 2.05) is 0 Å². The van der Waals surface area contributed by atoms with Gasteiger partial charge in [0.25, 0.3) is 0 Å². The van der Waals surface area contributed by atoms with Gasteiger partial charge in [0.05, 0.1) is 11.9 Å². The predicted molar refractivity (Wildman–Crippen MR) is 62.9 cm³/mol.